The SMILES string of the molecule is Nc1nc(SCc2ccc(F)cc2)ccc1[N+](=O)[O-]. The molecule has 1 aromatic carbocycles. The van der Waals surface area contributed by atoms with Crippen molar-refractivity contribution in [3.05, 3.63) is 57.9 Å². The van der Waals surface area contributed by atoms with Crippen molar-refractivity contribution in [3.63, 3.8) is 0 Å². The standard InChI is InChI=1S/C12H10FN3O2S/c13-9-3-1-8(2-4-9)7-19-11-6-5-10(16(17)18)12(14)15-11/h1-6H,7H2,(H2,14,15). The Kier molecular flexibility index (Phi) is 3.96. The third-order valence-electron chi connectivity index (χ3n) is 2.37. The monoisotopic (exact) mass is 279 g/mol. The molecule has 0 atom stereocenters. The maximum atomic E-state index is 12.7. The van der Waals surface area contributed by atoms with Crippen molar-refractivity contribution >= 4 is 23.3 Å². The highest BCUT2D eigenvalue weighted by atomic mass is 32.2. The highest BCUT2D eigenvalue weighted by Crippen LogP contribution is 2.26. The first kappa shape index (κ1) is 13.3. The van der Waals surface area contributed by atoms with Crippen molar-refractivity contribution < 1.29 is 9.31 Å². The smallest absolute Gasteiger partial charge is 0.311 e. The molecule has 0 saturated heterocycles. The van der Waals surface area contributed by atoms with E-state index in [1.807, 2.05) is 0 Å². The lowest BCUT2D eigenvalue weighted by molar-refractivity contribution is -0.384. The van der Waals surface area contributed by atoms with Crippen LogP contribution in [0, 0.1) is 15.9 Å². The third-order valence-corrected chi connectivity index (χ3v) is 3.37. The minimum absolute atomic E-state index is 0.103. The first-order valence-electron chi connectivity index (χ1n) is 5.34. The second kappa shape index (κ2) is 5.66. The second-order valence-electron chi connectivity index (χ2n) is 3.73. The van der Waals surface area contributed by atoms with Crippen molar-refractivity contribution in [2.45, 2.75) is 10.8 Å². The molecule has 1 heterocycles. The van der Waals surface area contributed by atoms with Gasteiger partial charge < -0.3 is 5.73 Å². The van der Waals surface area contributed by atoms with Gasteiger partial charge in [-0.2, -0.15) is 0 Å². The molecule has 0 amide bonds. The van der Waals surface area contributed by atoms with Crippen LogP contribution in [0.3, 0.4) is 0 Å². The molecule has 2 N–H and O–H groups in total. The average molecular weight is 279 g/mol. The number of nitrogens with two attached hydrogens (primary N) is 1. The van der Waals surface area contributed by atoms with E-state index in [4.69, 9.17) is 5.73 Å². The van der Waals surface area contributed by atoms with Crippen molar-refractivity contribution in [2.24, 2.45) is 0 Å². The Balaban J connectivity index is 2.06. The Morgan fingerprint density at radius 2 is 1.95 bits per heavy atom. The fourth-order valence-electron chi connectivity index (χ4n) is 1.42. The second-order valence-corrected chi connectivity index (χ2v) is 4.72. The van der Waals surface area contributed by atoms with Crippen LogP contribution >= 0.6 is 11.8 Å². The van der Waals surface area contributed by atoms with Gasteiger partial charge in [0.05, 0.1) is 9.95 Å². The number of thioether (sulfide) groups is 1. The zero-order valence-corrected chi connectivity index (χ0v) is 10.6. The molecule has 5 nitrogen and oxygen atoms in total. The lowest BCUT2D eigenvalue weighted by Gasteiger charge is -2.03. The van der Waals surface area contributed by atoms with Gasteiger partial charge in [0.1, 0.15) is 5.82 Å². The van der Waals surface area contributed by atoms with Gasteiger partial charge >= 0.3 is 5.69 Å². The number of nitrogen functional groups attached to an aromatic ring is 1. The van der Waals surface area contributed by atoms with Gasteiger partial charge in [0.2, 0.25) is 5.82 Å². The van der Waals surface area contributed by atoms with Crippen LogP contribution in [0.15, 0.2) is 41.4 Å². The highest BCUT2D eigenvalue weighted by molar-refractivity contribution is 7.98. The Labute approximate surface area is 112 Å². The Morgan fingerprint density at radius 3 is 2.53 bits per heavy atom. The predicted octanol–water partition coefficient (Wildman–Crippen LogP) is 3.00. The molecule has 0 aliphatic rings. The van der Waals surface area contributed by atoms with E-state index in [2.05, 4.69) is 4.98 Å². The molecule has 0 spiro atoms. The largest absolute Gasteiger partial charge is 0.378 e. The molecule has 7 heteroatoms. The number of aromatic nitrogens is 1. The van der Waals surface area contributed by atoms with E-state index >= 15 is 0 Å². The number of pyridine rings is 1. The first-order valence-corrected chi connectivity index (χ1v) is 6.33. The molecule has 0 saturated carbocycles. The quantitative estimate of drug-likeness (QED) is 0.528. The van der Waals surface area contributed by atoms with Crippen LogP contribution in [-0.4, -0.2) is 9.91 Å². The number of hydrogen-bond acceptors (Lipinski definition) is 5. The van der Waals surface area contributed by atoms with E-state index in [1.165, 1.54) is 30.0 Å². The summed E-state index contributed by atoms with van der Waals surface area (Å²) in [7, 11) is 0. The summed E-state index contributed by atoms with van der Waals surface area (Å²) in [6.45, 7) is 0. The summed E-state index contributed by atoms with van der Waals surface area (Å²) in [6.07, 6.45) is 0. The lowest BCUT2D eigenvalue weighted by atomic mass is 10.2. The topological polar surface area (TPSA) is 82.0 Å². The predicted molar refractivity (Wildman–Crippen MR) is 71.3 cm³/mol. The zero-order valence-electron chi connectivity index (χ0n) is 9.75. The molecule has 0 aliphatic carbocycles. The average Bonchev–Trinajstić information content (AvgIpc) is 2.37. The minimum atomic E-state index is -0.573. The molecule has 0 bridgehead atoms. The summed E-state index contributed by atoms with van der Waals surface area (Å²) in [5.74, 6) is 0.199. The molecule has 0 radical (unpaired) electrons. The summed E-state index contributed by atoms with van der Waals surface area (Å²) in [5, 5.41) is 11.2. The molecular weight excluding hydrogens is 269 g/mol. The highest BCUT2D eigenvalue weighted by Gasteiger charge is 2.12. The molecular formula is C12H10FN3O2S. The maximum Gasteiger partial charge on any atom is 0.311 e. The van der Waals surface area contributed by atoms with E-state index < -0.39 is 4.92 Å². The number of hydrogen-bond donors (Lipinski definition) is 1. The van der Waals surface area contributed by atoms with Crippen molar-refractivity contribution in [1.82, 2.24) is 4.98 Å². The molecule has 98 valence electrons. The molecule has 0 aliphatic heterocycles. The fraction of sp³-hybridized carbons (Fsp3) is 0.0833. The molecule has 1 aromatic heterocycles. The lowest BCUT2D eigenvalue weighted by Crippen LogP contribution is -1.98. The van der Waals surface area contributed by atoms with E-state index in [1.54, 1.807) is 18.2 Å². The van der Waals surface area contributed by atoms with Gasteiger partial charge in [-0.1, -0.05) is 12.1 Å². The van der Waals surface area contributed by atoms with Gasteiger partial charge in [-0.3, -0.25) is 10.1 Å². The third kappa shape index (κ3) is 3.41. The van der Waals surface area contributed by atoms with Crippen LogP contribution in [0.5, 0.6) is 0 Å². The summed E-state index contributed by atoms with van der Waals surface area (Å²) in [4.78, 5) is 14.0. The summed E-state index contributed by atoms with van der Waals surface area (Å²) >= 11 is 1.38. The van der Waals surface area contributed by atoms with Crippen molar-refractivity contribution in [1.29, 1.82) is 0 Å². The maximum absolute atomic E-state index is 12.7. The van der Waals surface area contributed by atoms with Gasteiger partial charge in [0.25, 0.3) is 0 Å². The molecule has 0 unspecified atom stereocenters. The normalized spacial score (nSPS) is 10.4. The van der Waals surface area contributed by atoms with Crippen molar-refractivity contribution in [3.8, 4) is 0 Å². The van der Waals surface area contributed by atoms with Gasteiger partial charge in [-0.05, 0) is 23.8 Å². The summed E-state index contributed by atoms with van der Waals surface area (Å²) in [5.41, 5.74) is 6.23. The van der Waals surface area contributed by atoms with E-state index in [0.29, 0.717) is 10.8 Å². The van der Waals surface area contributed by atoms with Gasteiger partial charge in [-0.15, -0.1) is 11.8 Å². The number of benzene rings is 1. The molecule has 19 heavy (non-hydrogen) atoms. The van der Waals surface area contributed by atoms with Gasteiger partial charge in [0, 0.05) is 11.8 Å². The van der Waals surface area contributed by atoms with Crippen LogP contribution in [0.1, 0.15) is 5.56 Å². The van der Waals surface area contributed by atoms with E-state index in [9.17, 15) is 14.5 Å². The van der Waals surface area contributed by atoms with E-state index in [0.717, 1.165) is 5.56 Å². The number of halogens is 1. The van der Waals surface area contributed by atoms with Crippen LogP contribution in [0.25, 0.3) is 0 Å². The van der Waals surface area contributed by atoms with Crippen LogP contribution < -0.4 is 5.73 Å². The fourth-order valence-corrected chi connectivity index (χ4v) is 2.26. The summed E-state index contributed by atoms with van der Waals surface area (Å²) in [6, 6.07) is 8.99. The van der Waals surface area contributed by atoms with E-state index in [-0.39, 0.29) is 17.3 Å². The van der Waals surface area contributed by atoms with Crippen LogP contribution in [0.4, 0.5) is 15.9 Å². The Morgan fingerprint density at radius 1 is 1.26 bits per heavy atom. The molecule has 2 rings (SSSR count). The van der Waals surface area contributed by atoms with Crippen molar-refractivity contribution in [2.75, 3.05) is 5.73 Å². The zero-order chi connectivity index (χ0) is 13.8. The Bertz CT molecular complexity index is 604. The minimum Gasteiger partial charge on any atom is -0.378 e. The number of anilines is 1. The van der Waals surface area contributed by atoms with Gasteiger partial charge in [-0.25, -0.2) is 9.37 Å². The Hall–Kier alpha value is -2.15. The number of nitro groups is 1. The molecule has 2 aromatic rings. The first-order chi connectivity index (χ1) is 9.06. The summed E-state index contributed by atoms with van der Waals surface area (Å²) < 4.78 is 12.7. The molecule has 0 fully saturated rings. The van der Waals surface area contributed by atoms with Crippen LogP contribution in [0.2, 0.25) is 0 Å². The van der Waals surface area contributed by atoms with Gasteiger partial charge in [0.15, 0.2) is 0 Å². The number of rotatable bonds is 4. The number of nitrogens with zero attached hydrogens (tertiary/aromatic N) is 2. The van der Waals surface area contributed by atoms with Crippen LogP contribution in [-0.2, 0) is 5.75 Å².